The van der Waals surface area contributed by atoms with E-state index in [2.05, 4.69) is 4.98 Å². The molecule has 0 radical (unpaired) electrons. The lowest BCUT2D eigenvalue weighted by Gasteiger charge is -2.20. The largest absolute Gasteiger partial charge is 0.433 e. The summed E-state index contributed by atoms with van der Waals surface area (Å²) in [5, 5.41) is 0. The smallest absolute Gasteiger partial charge is 0.250 e. The van der Waals surface area contributed by atoms with Gasteiger partial charge >= 0.3 is 6.18 Å². The van der Waals surface area contributed by atoms with Gasteiger partial charge in [0.05, 0.1) is 0 Å². The van der Waals surface area contributed by atoms with Crippen molar-refractivity contribution in [2.75, 3.05) is 6.54 Å². The van der Waals surface area contributed by atoms with E-state index in [1.54, 1.807) is 6.92 Å². The van der Waals surface area contributed by atoms with Crippen molar-refractivity contribution in [3.8, 4) is 0 Å². The summed E-state index contributed by atoms with van der Waals surface area (Å²) >= 11 is 0. The highest BCUT2D eigenvalue weighted by Gasteiger charge is 2.35. The summed E-state index contributed by atoms with van der Waals surface area (Å²) in [4.78, 5) is 2.98. The normalized spacial score (nSPS) is 21.8. The first-order valence-electron chi connectivity index (χ1n) is 5.78. The molecule has 0 aromatic carbocycles. The molecule has 1 unspecified atom stereocenters. The third-order valence-corrected chi connectivity index (χ3v) is 5.12. The molecule has 1 aromatic heterocycles. The number of alkyl halides is 3. The molecule has 0 spiro atoms. The van der Waals surface area contributed by atoms with E-state index in [0.29, 0.717) is 12.6 Å². The Balaban J connectivity index is 2.32. The second-order valence-electron chi connectivity index (χ2n) is 4.48. The Hall–Kier alpha value is -1.15. The van der Waals surface area contributed by atoms with Crippen LogP contribution in [0.5, 0.6) is 0 Å². The summed E-state index contributed by atoms with van der Waals surface area (Å²) in [7, 11) is -3.75. The molecule has 0 bridgehead atoms. The molecule has 0 amide bonds. The molecule has 0 saturated carbocycles. The fourth-order valence-corrected chi connectivity index (χ4v) is 3.75. The summed E-state index contributed by atoms with van der Waals surface area (Å²) in [5.74, 6) is 0. The number of aromatic nitrogens is 1. The molecule has 106 valence electrons. The molecule has 1 aliphatic rings. The molecule has 19 heavy (non-hydrogen) atoms. The average Bonchev–Trinajstić information content (AvgIpc) is 2.75. The third kappa shape index (κ3) is 2.74. The maximum atomic E-state index is 12.4. The van der Waals surface area contributed by atoms with Crippen LogP contribution in [0.15, 0.2) is 23.2 Å². The summed E-state index contributed by atoms with van der Waals surface area (Å²) in [6.07, 6.45) is -2.28. The Morgan fingerprint density at radius 1 is 1.37 bits per heavy atom. The van der Waals surface area contributed by atoms with Crippen LogP contribution in [0.2, 0.25) is 0 Å². The number of nitrogens with zero attached hydrogens (tertiary/aromatic N) is 2. The molecule has 1 fully saturated rings. The summed E-state index contributed by atoms with van der Waals surface area (Å²) < 4.78 is 62.8. The fraction of sp³-hybridized carbons (Fsp3) is 0.545. The monoisotopic (exact) mass is 294 g/mol. The van der Waals surface area contributed by atoms with Gasteiger partial charge in [0.2, 0.25) is 10.0 Å². The second-order valence-corrected chi connectivity index (χ2v) is 6.37. The standard InChI is InChI=1S/C11H13F3N2O2S/c1-8-3-2-6-16(8)19(17,18)9-4-5-10(15-7-9)11(12,13)14/h4-5,7-8H,2-3,6H2,1H3. The van der Waals surface area contributed by atoms with Gasteiger partial charge in [-0.15, -0.1) is 0 Å². The van der Waals surface area contributed by atoms with Gasteiger partial charge in [0.1, 0.15) is 10.6 Å². The first-order valence-corrected chi connectivity index (χ1v) is 7.22. The van der Waals surface area contributed by atoms with E-state index >= 15 is 0 Å². The Labute approximate surface area is 109 Å². The van der Waals surface area contributed by atoms with E-state index in [1.807, 2.05) is 0 Å². The zero-order valence-electron chi connectivity index (χ0n) is 10.2. The number of hydrogen-bond donors (Lipinski definition) is 0. The van der Waals surface area contributed by atoms with Gasteiger partial charge < -0.3 is 0 Å². The van der Waals surface area contributed by atoms with E-state index in [9.17, 15) is 21.6 Å². The molecule has 8 heteroatoms. The van der Waals surface area contributed by atoms with Crippen molar-refractivity contribution < 1.29 is 21.6 Å². The molecule has 1 saturated heterocycles. The molecular formula is C11H13F3N2O2S. The number of rotatable bonds is 2. The van der Waals surface area contributed by atoms with E-state index in [-0.39, 0.29) is 10.9 Å². The van der Waals surface area contributed by atoms with E-state index in [1.165, 1.54) is 4.31 Å². The molecular weight excluding hydrogens is 281 g/mol. The minimum Gasteiger partial charge on any atom is -0.250 e. The highest BCUT2D eigenvalue weighted by molar-refractivity contribution is 7.89. The number of halogens is 3. The first-order chi connectivity index (χ1) is 8.73. The summed E-state index contributed by atoms with van der Waals surface area (Å²) in [6.45, 7) is 2.17. The molecule has 2 rings (SSSR count). The molecule has 1 aliphatic heterocycles. The van der Waals surface area contributed by atoms with Gasteiger partial charge in [-0.2, -0.15) is 17.5 Å². The van der Waals surface area contributed by atoms with Gasteiger partial charge in [-0.3, -0.25) is 4.98 Å². The van der Waals surface area contributed by atoms with Crippen LogP contribution in [-0.4, -0.2) is 30.3 Å². The van der Waals surface area contributed by atoms with Crippen LogP contribution in [0.3, 0.4) is 0 Å². The Morgan fingerprint density at radius 3 is 2.47 bits per heavy atom. The zero-order chi connectivity index (χ0) is 14.3. The highest BCUT2D eigenvalue weighted by Crippen LogP contribution is 2.29. The van der Waals surface area contributed by atoms with Gasteiger partial charge in [0.25, 0.3) is 0 Å². The van der Waals surface area contributed by atoms with Gasteiger partial charge in [0.15, 0.2) is 0 Å². The third-order valence-electron chi connectivity index (χ3n) is 3.13. The molecule has 2 heterocycles. The lowest BCUT2D eigenvalue weighted by atomic mass is 10.3. The first kappa shape index (κ1) is 14.3. The second kappa shape index (κ2) is 4.75. The van der Waals surface area contributed by atoms with E-state index in [4.69, 9.17) is 0 Å². The van der Waals surface area contributed by atoms with E-state index < -0.39 is 21.9 Å². The van der Waals surface area contributed by atoms with Crippen molar-refractivity contribution >= 4 is 10.0 Å². The van der Waals surface area contributed by atoms with Crippen molar-refractivity contribution in [1.82, 2.24) is 9.29 Å². The predicted octanol–water partition coefficient (Wildman–Crippen LogP) is 2.27. The Kier molecular flexibility index (Phi) is 3.57. The van der Waals surface area contributed by atoms with Gasteiger partial charge in [0, 0.05) is 18.8 Å². The quantitative estimate of drug-likeness (QED) is 0.841. The lowest BCUT2D eigenvalue weighted by Crippen LogP contribution is -2.33. The van der Waals surface area contributed by atoms with Crippen LogP contribution in [0.1, 0.15) is 25.5 Å². The average molecular weight is 294 g/mol. The highest BCUT2D eigenvalue weighted by atomic mass is 32.2. The fourth-order valence-electron chi connectivity index (χ4n) is 2.10. The van der Waals surface area contributed by atoms with Crippen molar-refractivity contribution in [1.29, 1.82) is 0 Å². The van der Waals surface area contributed by atoms with E-state index in [0.717, 1.165) is 25.1 Å². The number of sulfonamides is 1. The zero-order valence-corrected chi connectivity index (χ0v) is 11.0. The Morgan fingerprint density at radius 2 is 2.05 bits per heavy atom. The minimum absolute atomic E-state index is 0.132. The Bertz CT molecular complexity index is 554. The van der Waals surface area contributed by atoms with Crippen LogP contribution < -0.4 is 0 Å². The number of pyridine rings is 1. The predicted molar refractivity (Wildman–Crippen MR) is 61.8 cm³/mol. The van der Waals surface area contributed by atoms with Crippen molar-refractivity contribution in [3.63, 3.8) is 0 Å². The van der Waals surface area contributed by atoms with Crippen molar-refractivity contribution in [3.05, 3.63) is 24.0 Å². The molecule has 4 nitrogen and oxygen atoms in total. The topological polar surface area (TPSA) is 50.3 Å². The van der Waals surface area contributed by atoms with Crippen LogP contribution in [0.25, 0.3) is 0 Å². The lowest BCUT2D eigenvalue weighted by molar-refractivity contribution is -0.141. The SMILES string of the molecule is CC1CCCN1S(=O)(=O)c1ccc(C(F)(F)F)nc1. The number of hydrogen-bond acceptors (Lipinski definition) is 3. The summed E-state index contributed by atoms with van der Waals surface area (Å²) in [6, 6.07) is 1.51. The van der Waals surface area contributed by atoms with Crippen molar-refractivity contribution in [2.24, 2.45) is 0 Å². The molecule has 1 aromatic rings. The summed E-state index contributed by atoms with van der Waals surface area (Å²) in [5.41, 5.74) is -1.10. The van der Waals surface area contributed by atoms with Crippen LogP contribution in [0, 0.1) is 0 Å². The van der Waals surface area contributed by atoms with Crippen LogP contribution in [-0.2, 0) is 16.2 Å². The maximum Gasteiger partial charge on any atom is 0.433 e. The maximum absolute atomic E-state index is 12.4. The van der Waals surface area contributed by atoms with Crippen molar-refractivity contribution in [2.45, 2.75) is 36.9 Å². The molecule has 0 aliphatic carbocycles. The van der Waals surface area contributed by atoms with Gasteiger partial charge in [-0.1, -0.05) is 0 Å². The van der Waals surface area contributed by atoms with Gasteiger partial charge in [-0.05, 0) is 31.9 Å². The van der Waals surface area contributed by atoms with Crippen LogP contribution in [0.4, 0.5) is 13.2 Å². The molecule has 1 atom stereocenters. The minimum atomic E-state index is -4.57. The van der Waals surface area contributed by atoms with Gasteiger partial charge in [-0.25, -0.2) is 8.42 Å². The van der Waals surface area contributed by atoms with Crippen LogP contribution >= 0.6 is 0 Å². The molecule has 0 N–H and O–H groups in total.